The zero-order chi connectivity index (χ0) is 24.3. The maximum absolute atomic E-state index is 6.58. The summed E-state index contributed by atoms with van der Waals surface area (Å²) in [5.74, 6) is -0.146. The summed E-state index contributed by atoms with van der Waals surface area (Å²) in [5.41, 5.74) is 3.36. The molecule has 3 aromatic rings. The number of alkyl halides is 1. The fourth-order valence-electron chi connectivity index (χ4n) is 4.33. The highest BCUT2D eigenvalue weighted by atomic mass is 127. The van der Waals surface area contributed by atoms with Crippen LogP contribution in [0.3, 0.4) is 0 Å². The summed E-state index contributed by atoms with van der Waals surface area (Å²) in [5, 5.41) is 0. The third kappa shape index (κ3) is 7.59. The Bertz CT molecular complexity index is 972. The Morgan fingerprint density at radius 2 is 1.17 bits per heavy atom. The summed E-state index contributed by atoms with van der Waals surface area (Å²) in [4.78, 5) is 0. The molecule has 6 heteroatoms. The number of halogens is 1. The van der Waals surface area contributed by atoms with Gasteiger partial charge in [0.05, 0.1) is 44.6 Å². The molecular weight excluding hydrogens is 555 g/mol. The third-order valence-corrected chi connectivity index (χ3v) is 7.02. The van der Waals surface area contributed by atoms with E-state index in [9.17, 15) is 0 Å². The Kier molecular flexibility index (Phi) is 10.6. The Morgan fingerprint density at radius 3 is 1.66 bits per heavy atom. The molecule has 1 aliphatic heterocycles. The van der Waals surface area contributed by atoms with Gasteiger partial charge in [0.2, 0.25) is 0 Å². The maximum Gasteiger partial charge on any atom is 0.165 e. The van der Waals surface area contributed by atoms with E-state index in [0.29, 0.717) is 26.4 Å². The molecule has 0 amide bonds. The van der Waals surface area contributed by atoms with Crippen LogP contribution in [0.2, 0.25) is 0 Å². The van der Waals surface area contributed by atoms with Gasteiger partial charge in [-0.15, -0.1) is 0 Å². The van der Waals surface area contributed by atoms with Gasteiger partial charge in [0.25, 0.3) is 0 Å². The number of benzene rings is 3. The molecule has 0 spiro atoms. The molecule has 4 rings (SSSR count). The molecule has 0 N–H and O–H groups in total. The van der Waals surface area contributed by atoms with E-state index in [2.05, 4.69) is 59.0 Å². The predicted octanol–water partition coefficient (Wildman–Crippen LogP) is 5.80. The van der Waals surface area contributed by atoms with Crippen molar-refractivity contribution in [3.63, 3.8) is 0 Å². The van der Waals surface area contributed by atoms with E-state index < -0.39 is 6.29 Å². The summed E-state index contributed by atoms with van der Waals surface area (Å²) in [6, 6.07) is 30.6. The minimum absolute atomic E-state index is 0.146. The van der Waals surface area contributed by atoms with Gasteiger partial charge in [0.1, 0.15) is 6.10 Å². The first-order chi connectivity index (χ1) is 17.3. The van der Waals surface area contributed by atoms with Gasteiger partial charge in [-0.05, 0) is 16.7 Å². The molecular formula is C29H33IO5. The molecule has 5 nitrogen and oxygen atoms in total. The standard InChI is InChI=1S/C29H33IO5/c1-31-29-25(21-32-18-22-11-5-2-6-12-22)27(33-19-23-13-7-3-8-14-23)28(26(17-30)35-29)34-20-24-15-9-4-10-16-24/h2-16,25-29H,17-21H2,1H3/t25-,26-,27-,28-,29+/m1/s1. The Labute approximate surface area is 221 Å². The van der Waals surface area contributed by atoms with E-state index in [1.807, 2.05) is 54.6 Å². The molecule has 0 saturated carbocycles. The Balaban J connectivity index is 1.52. The smallest absolute Gasteiger partial charge is 0.165 e. The molecule has 0 aromatic heterocycles. The van der Waals surface area contributed by atoms with Gasteiger partial charge >= 0.3 is 0 Å². The SMILES string of the molecule is CO[C@H]1O[C@H](CI)[C@@H](OCc2ccccc2)[C@H](OCc2ccccc2)[C@H]1COCc1ccccc1. The zero-order valence-corrected chi connectivity index (χ0v) is 22.2. The average molecular weight is 588 g/mol. The number of hydrogen-bond donors (Lipinski definition) is 0. The second-order valence-electron chi connectivity index (χ2n) is 8.62. The summed E-state index contributed by atoms with van der Waals surface area (Å²) < 4.78 is 32.2. The van der Waals surface area contributed by atoms with Crippen molar-refractivity contribution in [2.75, 3.05) is 18.1 Å². The fraction of sp³-hybridized carbons (Fsp3) is 0.379. The van der Waals surface area contributed by atoms with Crippen molar-refractivity contribution >= 4 is 22.6 Å². The molecule has 35 heavy (non-hydrogen) atoms. The van der Waals surface area contributed by atoms with Crippen molar-refractivity contribution in [2.45, 2.75) is 44.4 Å². The van der Waals surface area contributed by atoms with Gasteiger partial charge < -0.3 is 23.7 Å². The minimum atomic E-state index is -0.442. The van der Waals surface area contributed by atoms with Crippen LogP contribution in [0.4, 0.5) is 0 Å². The van der Waals surface area contributed by atoms with Crippen molar-refractivity contribution in [3.8, 4) is 0 Å². The lowest BCUT2D eigenvalue weighted by atomic mass is 9.91. The highest BCUT2D eigenvalue weighted by Crippen LogP contribution is 2.33. The number of ether oxygens (including phenoxy) is 5. The van der Waals surface area contributed by atoms with Crippen LogP contribution in [0.25, 0.3) is 0 Å². The van der Waals surface area contributed by atoms with Crippen molar-refractivity contribution in [3.05, 3.63) is 108 Å². The molecule has 186 valence electrons. The molecule has 0 aliphatic carbocycles. The number of hydrogen-bond acceptors (Lipinski definition) is 5. The fourth-order valence-corrected chi connectivity index (χ4v) is 5.04. The molecule has 0 radical (unpaired) electrons. The van der Waals surface area contributed by atoms with Gasteiger partial charge in [-0.1, -0.05) is 114 Å². The van der Waals surface area contributed by atoms with E-state index in [0.717, 1.165) is 21.1 Å². The highest BCUT2D eigenvalue weighted by molar-refractivity contribution is 14.1. The third-order valence-electron chi connectivity index (χ3n) is 6.15. The predicted molar refractivity (Wildman–Crippen MR) is 144 cm³/mol. The van der Waals surface area contributed by atoms with Crippen molar-refractivity contribution in [1.82, 2.24) is 0 Å². The van der Waals surface area contributed by atoms with Crippen molar-refractivity contribution in [1.29, 1.82) is 0 Å². The number of methoxy groups -OCH3 is 1. The van der Waals surface area contributed by atoms with Gasteiger partial charge in [0, 0.05) is 11.5 Å². The lowest BCUT2D eigenvalue weighted by Gasteiger charge is -2.45. The average Bonchev–Trinajstić information content (AvgIpc) is 2.92. The van der Waals surface area contributed by atoms with Crippen LogP contribution in [0, 0.1) is 5.92 Å². The van der Waals surface area contributed by atoms with Crippen LogP contribution in [0.15, 0.2) is 91.0 Å². The molecule has 0 unspecified atom stereocenters. The maximum atomic E-state index is 6.58. The number of rotatable bonds is 12. The van der Waals surface area contributed by atoms with Crippen LogP contribution in [-0.4, -0.2) is 42.7 Å². The first-order valence-electron chi connectivity index (χ1n) is 12.0. The van der Waals surface area contributed by atoms with Gasteiger partial charge in [-0.25, -0.2) is 0 Å². The second kappa shape index (κ2) is 14.1. The zero-order valence-electron chi connectivity index (χ0n) is 20.0. The molecule has 3 aromatic carbocycles. The van der Waals surface area contributed by atoms with Gasteiger partial charge in [-0.2, -0.15) is 0 Å². The molecule has 1 saturated heterocycles. The highest BCUT2D eigenvalue weighted by Gasteiger charge is 2.47. The van der Waals surface area contributed by atoms with Crippen LogP contribution in [0.5, 0.6) is 0 Å². The topological polar surface area (TPSA) is 46.2 Å². The minimum Gasteiger partial charge on any atom is -0.376 e. The van der Waals surface area contributed by atoms with Crippen LogP contribution >= 0.6 is 22.6 Å². The van der Waals surface area contributed by atoms with E-state index in [1.54, 1.807) is 7.11 Å². The van der Waals surface area contributed by atoms with Gasteiger partial charge in [-0.3, -0.25) is 0 Å². The van der Waals surface area contributed by atoms with E-state index in [1.165, 1.54) is 0 Å². The Morgan fingerprint density at radius 1 is 0.686 bits per heavy atom. The monoisotopic (exact) mass is 588 g/mol. The van der Waals surface area contributed by atoms with Crippen LogP contribution < -0.4 is 0 Å². The first-order valence-corrected chi connectivity index (χ1v) is 13.5. The van der Waals surface area contributed by atoms with Crippen LogP contribution in [0.1, 0.15) is 16.7 Å². The van der Waals surface area contributed by atoms with E-state index in [4.69, 9.17) is 23.7 Å². The largest absolute Gasteiger partial charge is 0.376 e. The molecule has 1 heterocycles. The van der Waals surface area contributed by atoms with Crippen LogP contribution in [-0.2, 0) is 43.5 Å². The first kappa shape index (κ1) is 26.3. The molecule has 1 aliphatic rings. The lowest BCUT2D eigenvalue weighted by molar-refractivity contribution is -0.293. The van der Waals surface area contributed by atoms with Gasteiger partial charge in [0.15, 0.2) is 6.29 Å². The van der Waals surface area contributed by atoms with E-state index >= 15 is 0 Å². The summed E-state index contributed by atoms with van der Waals surface area (Å²) >= 11 is 2.35. The molecule has 1 fully saturated rings. The van der Waals surface area contributed by atoms with E-state index in [-0.39, 0.29) is 24.2 Å². The summed E-state index contributed by atoms with van der Waals surface area (Å²) in [6.45, 7) is 1.93. The second-order valence-corrected chi connectivity index (χ2v) is 9.50. The molecule has 5 atom stereocenters. The summed E-state index contributed by atoms with van der Waals surface area (Å²) in [6.07, 6.45) is -1.11. The van der Waals surface area contributed by atoms with Crippen molar-refractivity contribution < 1.29 is 23.7 Å². The quantitative estimate of drug-likeness (QED) is 0.198. The normalized spacial score (nSPS) is 24.3. The van der Waals surface area contributed by atoms with Crippen molar-refractivity contribution in [2.24, 2.45) is 5.92 Å². The lowest BCUT2D eigenvalue weighted by Crippen LogP contribution is -2.58. The molecule has 0 bridgehead atoms. The Hall–Kier alpha value is -1.81. The summed E-state index contributed by atoms with van der Waals surface area (Å²) in [7, 11) is 1.68.